The molecule has 1 amide bonds. The monoisotopic (exact) mass is 244 g/mol. The minimum absolute atomic E-state index is 0.0434. The smallest absolute Gasteiger partial charge is 0.248 e. The molecular weight excluding hydrogens is 216 g/mol. The highest BCUT2D eigenvalue weighted by atomic mass is 16.5. The number of rotatable bonds is 9. The Morgan fingerprint density at radius 1 is 1.35 bits per heavy atom. The van der Waals surface area contributed by atoms with Gasteiger partial charge in [0.2, 0.25) is 5.91 Å². The molecule has 0 rings (SSSR count). The van der Waals surface area contributed by atoms with Crippen LogP contribution in [-0.2, 0) is 9.53 Å². The van der Waals surface area contributed by atoms with Crippen molar-refractivity contribution in [1.29, 1.82) is 0 Å². The van der Waals surface area contributed by atoms with E-state index in [0.717, 1.165) is 32.2 Å². The van der Waals surface area contributed by atoms with Crippen molar-refractivity contribution in [3.05, 3.63) is 0 Å². The predicted molar refractivity (Wildman–Crippen MR) is 70.8 cm³/mol. The lowest BCUT2D eigenvalue weighted by Crippen LogP contribution is -2.46. The highest BCUT2D eigenvalue weighted by Crippen LogP contribution is 2.21. The zero-order valence-corrected chi connectivity index (χ0v) is 11.7. The third kappa shape index (κ3) is 5.50. The normalized spacial score (nSPS) is 13.5. The Labute approximate surface area is 105 Å². The number of nitrogens with two attached hydrogens (primary N) is 1. The summed E-state index contributed by atoms with van der Waals surface area (Å²) in [4.78, 5) is 11.8. The lowest BCUT2D eigenvalue weighted by atomic mass is 9.97. The molecule has 0 saturated heterocycles. The van der Waals surface area contributed by atoms with Crippen LogP contribution in [0.4, 0.5) is 0 Å². The molecule has 102 valence electrons. The largest absolute Gasteiger partial charge is 0.361 e. The maximum atomic E-state index is 11.8. The van der Waals surface area contributed by atoms with E-state index in [9.17, 15) is 4.79 Å². The highest BCUT2D eigenvalue weighted by Gasteiger charge is 2.29. The first-order chi connectivity index (χ1) is 8.05. The molecule has 1 unspecified atom stereocenters. The van der Waals surface area contributed by atoms with Crippen LogP contribution in [0.25, 0.3) is 0 Å². The van der Waals surface area contributed by atoms with Crippen molar-refractivity contribution in [2.45, 2.75) is 65.1 Å². The maximum absolute atomic E-state index is 11.8. The molecule has 17 heavy (non-hydrogen) atoms. The summed E-state index contributed by atoms with van der Waals surface area (Å²) in [6.07, 6.45) is 3.29. The summed E-state index contributed by atoms with van der Waals surface area (Å²) in [6.45, 7) is 9.14. The zero-order valence-electron chi connectivity index (χ0n) is 11.7. The van der Waals surface area contributed by atoms with Crippen molar-refractivity contribution in [3.8, 4) is 0 Å². The molecule has 0 fully saturated rings. The fourth-order valence-electron chi connectivity index (χ4n) is 1.71. The van der Waals surface area contributed by atoms with Crippen molar-refractivity contribution in [3.63, 3.8) is 0 Å². The molecule has 0 radical (unpaired) electrons. The molecule has 3 N–H and O–H groups in total. The molecule has 0 aliphatic heterocycles. The van der Waals surface area contributed by atoms with Crippen LogP contribution in [-0.4, -0.2) is 30.7 Å². The maximum Gasteiger partial charge on any atom is 0.248 e. The van der Waals surface area contributed by atoms with Gasteiger partial charge in [0.15, 0.2) is 0 Å². The van der Waals surface area contributed by atoms with Crippen LogP contribution in [0.1, 0.15) is 53.4 Å². The van der Waals surface area contributed by atoms with E-state index in [-0.39, 0.29) is 11.5 Å². The third-order valence-electron chi connectivity index (χ3n) is 3.29. The molecule has 4 heteroatoms. The minimum atomic E-state index is -0.435. The second kappa shape index (κ2) is 8.48. The van der Waals surface area contributed by atoms with Crippen LogP contribution in [0.3, 0.4) is 0 Å². The van der Waals surface area contributed by atoms with E-state index in [1.807, 2.05) is 13.8 Å². The Kier molecular flexibility index (Phi) is 8.17. The fraction of sp³-hybridized carbons (Fsp3) is 0.923. The number of hydrogen-bond acceptors (Lipinski definition) is 3. The molecule has 0 aliphatic carbocycles. The van der Waals surface area contributed by atoms with Gasteiger partial charge in [-0.2, -0.15) is 0 Å². The number of carbonyl (C=O) groups excluding carboxylic acids is 1. The van der Waals surface area contributed by atoms with Gasteiger partial charge in [-0.25, -0.2) is 0 Å². The van der Waals surface area contributed by atoms with E-state index in [4.69, 9.17) is 10.5 Å². The summed E-state index contributed by atoms with van der Waals surface area (Å²) in [7, 11) is 0. The predicted octanol–water partition coefficient (Wildman–Crippen LogP) is 1.83. The van der Waals surface area contributed by atoms with Crippen molar-refractivity contribution in [2.75, 3.05) is 13.1 Å². The fourth-order valence-corrected chi connectivity index (χ4v) is 1.71. The topological polar surface area (TPSA) is 64.3 Å². The standard InChI is InChI=1S/C13H28N2O2/c1-5-8-9-15-12(16)11(4)17-13(6-2,7-3)10-14/h11H,5-10,14H2,1-4H3,(H,15,16). The van der Waals surface area contributed by atoms with Crippen LogP contribution in [0.5, 0.6) is 0 Å². The highest BCUT2D eigenvalue weighted by molar-refractivity contribution is 5.80. The van der Waals surface area contributed by atoms with Gasteiger partial charge in [-0.15, -0.1) is 0 Å². The zero-order chi connectivity index (χ0) is 13.3. The molecule has 0 bridgehead atoms. The SMILES string of the molecule is CCCCNC(=O)C(C)OC(CC)(CC)CN. The Hall–Kier alpha value is -0.610. The van der Waals surface area contributed by atoms with Gasteiger partial charge < -0.3 is 15.8 Å². The average molecular weight is 244 g/mol. The van der Waals surface area contributed by atoms with E-state index in [2.05, 4.69) is 12.2 Å². The van der Waals surface area contributed by atoms with Crippen molar-refractivity contribution in [2.24, 2.45) is 5.73 Å². The summed E-state index contributed by atoms with van der Waals surface area (Å²) in [5.74, 6) is -0.0434. The van der Waals surface area contributed by atoms with Gasteiger partial charge in [0, 0.05) is 13.1 Å². The number of hydrogen-bond donors (Lipinski definition) is 2. The number of nitrogens with one attached hydrogen (secondary N) is 1. The van der Waals surface area contributed by atoms with Crippen LogP contribution >= 0.6 is 0 Å². The lowest BCUT2D eigenvalue weighted by Gasteiger charge is -2.33. The summed E-state index contributed by atoms with van der Waals surface area (Å²) in [6, 6.07) is 0. The van der Waals surface area contributed by atoms with Gasteiger partial charge in [0.05, 0.1) is 5.60 Å². The molecule has 0 aromatic carbocycles. The Bertz CT molecular complexity index is 207. The average Bonchev–Trinajstić information content (AvgIpc) is 2.36. The minimum Gasteiger partial charge on any atom is -0.361 e. The molecule has 1 atom stereocenters. The van der Waals surface area contributed by atoms with Crippen LogP contribution in [0.15, 0.2) is 0 Å². The van der Waals surface area contributed by atoms with Crippen molar-refractivity contribution >= 4 is 5.91 Å². The molecule has 0 saturated carbocycles. The van der Waals surface area contributed by atoms with Crippen LogP contribution in [0, 0.1) is 0 Å². The number of amides is 1. The van der Waals surface area contributed by atoms with Gasteiger partial charge in [0.1, 0.15) is 6.10 Å². The summed E-state index contributed by atoms with van der Waals surface area (Å²) in [5.41, 5.74) is 5.38. The van der Waals surface area contributed by atoms with Gasteiger partial charge in [-0.05, 0) is 26.2 Å². The van der Waals surface area contributed by atoms with Gasteiger partial charge in [-0.1, -0.05) is 27.2 Å². The third-order valence-corrected chi connectivity index (χ3v) is 3.29. The Morgan fingerprint density at radius 3 is 2.35 bits per heavy atom. The molecule has 0 aliphatic rings. The first-order valence-electron chi connectivity index (χ1n) is 6.70. The van der Waals surface area contributed by atoms with Crippen molar-refractivity contribution < 1.29 is 9.53 Å². The molecule has 0 aromatic rings. The molecule has 0 heterocycles. The first-order valence-corrected chi connectivity index (χ1v) is 6.70. The van der Waals surface area contributed by atoms with E-state index in [1.54, 1.807) is 6.92 Å². The van der Waals surface area contributed by atoms with Crippen molar-refractivity contribution in [1.82, 2.24) is 5.32 Å². The first kappa shape index (κ1) is 16.4. The number of ether oxygens (including phenoxy) is 1. The van der Waals surface area contributed by atoms with Crippen LogP contribution in [0.2, 0.25) is 0 Å². The van der Waals surface area contributed by atoms with E-state index >= 15 is 0 Å². The second-order valence-electron chi connectivity index (χ2n) is 4.50. The summed E-state index contributed by atoms with van der Waals surface area (Å²) >= 11 is 0. The van der Waals surface area contributed by atoms with E-state index in [1.165, 1.54) is 0 Å². The second-order valence-corrected chi connectivity index (χ2v) is 4.50. The van der Waals surface area contributed by atoms with E-state index < -0.39 is 6.10 Å². The summed E-state index contributed by atoms with van der Waals surface area (Å²) < 4.78 is 5.84. The quantitative estimate of drug-likeness (QED) is 0.608. The molecule has 0 aromatic heterocycles. The van der Waals surface area contributed by atoms with Crippen LogP contribution < -0.4 is 11.1 Å². The molecular formula is C13H28N2O2. The van der Waals surface area contributed by atoms with Gasteiger partial charge in [0.25, 0.3) is 0 Å². The number of unbranched alkanes of at least 4 members (excludes halogenated alkanes) is 1. The molecule has 0 spiro atoms. The number of carbonyl (C=O) groups is 1. The van der Waals surface area contributed by atoms with Gasteiger partial charge >= 0.3 is 0 Å². The van der Waals surface area contributed by atoms with Gasteiger partial charge in [-0.3, -0.25) is 4.79 Å². The lowest BCUT2D eigenvalue weighted by molar-refractivity contribution is -0.145. The van der Waals surface area contributed by atoms with E-state index in [0.29, 0.717) is 6.54 Å². The summed E-state index contributed by atoms with van der Waals surface area (Å²) in [5, 5.41) is 2.87. The Balaban J connectivity index is 4.21. The Morgan fingerprint density at radius 2 is 1.94 bits per heavy atom. The molecule has 4 nitrogen and oxygen atoms in total.